The van der Waals surface area contributed by atoms with Gasteiger partial charge in [-0.15, -0.1) is 0 Å². The Kier molecular flexibility index (Phi) is 7.71. The highest BCUT2D eigenvalue weighted by Crippen LogP contribution is 2.24. The summed E-state index contributed by atoms with van der Waals surface area (Å²) < 4.78 is 12.1. The molecule has 0 atom stereocenters. The van der Waals surface area contributed by atoms with Crippen LogP contribution in [0.2, 0.25) is 0 Å². The van der Waals surface area contributed by atoms with Crippen LogP contribution in [0.25, 0.3) is 23.1 Å². The van der Waals surface area contributed by atoms with E-state index in [1.807, 2.05) is 103 Å². The average Bonchev–Trinajstić information content (AvgIpc) is 2.96. The third-order valence-corrected chi connectivity index (χ3v) is 6.07. The fourth-order valence-electron chi connectivity index (χ4n) is 4.13. The number of hydrogen-bond acceptors (Lipinski definition) is 4. The van der Waals surface area contributed by atoms with Crippen molar-refractivity contribution in [3.8, 4) is 5.75 Å². The second kappa shape index (κ2) is 11.8. The Morgan fingerprint density at radius 2 is 1.39 bits per heavy atom. The molecule has 0 spiro atoms. The summed E-state index contributed by atoms with van der Waals surface area (Å²) in [6.45, 7) is 0.393. The van der Waals surface area contributed by atoms with Gasteiger partial charge < -0.3 is 9.15 Å². The first kappa shape index (κ1) is 24.7. The molecule has 0 saturated heterocycles. The fourth-order valence-corrected chi connectivity index (χ4v) is 4.13. The highest BCUT2D eigenvalue weighted by molar-refractivity contribution is 6.08. The number of carbonyl (C=O) groups is 1. The Bertz CT molecular complexity index is 1650. The predicted molar refractivity (Wildman–Crippen MR) is 152 cm³/mol. The van der Waals surface area contributed by atoms with Crippen molar-refractivity contribution in [1.29, 1.82) is 0 Å². The maximum absolute atomic E-state index is 13.5. The lowest BCUT2D eigenvalue weighted by molar-refractivity contribution is 0.104. The van der Waals surface area contributed by atoms with E-state index >= 15 is 0 Å². The highest BCUT2D eigenvalue weighted by atomic mass is 16.5. The van der Waals surface area contributed by atoms with Crippen molar-refractivity contribution >= 4 is 28.9 Å². The third-order valence-electron chi connectivity index (χ3n) is 6.07. The molecule has 4 nitrogen and oxygen atoms in total. The Morgan fingerprint density at radius 1 is 0.763 bits per heavy atom. The molecular weight excluding hydrogens is 472 g/mol. The summed E-state index contributed by atoms with van der Waals surface area (Å²) in [4.78, 5) is 26.8. The molecule has 0 unspecified atom stereocenters. The molecule has 5 aromatic rings. The first-order chi connectivity index (χ1) is 18.7. The van der Waals surface area contributed by atoms with Gasteiger partial charge in [-0.2, -0.15) is 0 Å². The summed E-state index contributed by atoms with van der Waals surface area (Å²) in [5, 5.41) is 0.337. The van der Waals surface area contributed by atoms with Crippen LogP contribution in [0, 0.1) is 0 Å². The maximum Gasteiger partial charge on any atom is 0.204 e. The molecule has 0 radical (unpaired) electrons. The predicted octanol–water partition coefficient (Wildman–Crippen LogP) is 7.52. The summed E-state index contributed by atoms with van der Waals surface area (Å²) in [6.07, 6.45) is 7.26. The van der Waals surface area contributed by atoms with Crippen LogP contribution in [0.3, 0.4) is 0 Å². The summed E-state index contributed by atoms with van der Waals surface area (Å²) in [5.41, 5.74) is 2.99. The van der Waals surface area contributed by atoms with Gasteiger partial charge in [0, 0.05) is 12.5 Å². The lowest BCUT2D eigenvalue weighted by Gasteiger charge is -2.10. The molecule has 0 N–H and O–H groups in total. The van der Waals surface area contributed by atoms with Crippen LogP contribution in [-0.2, 0) is 13.0 Å². The Labute approximate surface area is 221 Å². The van der Waals surface area contributed by atoms with Gasteiger partial charge in [0.1, 0.15) is 29.3 Å². The van der Waals surface area contributed by atoms with Crippen molar-refractivity contribution in [2.24, 2.45) is 0 Å². The normalized spacial score (nSPS) is 11.4. The standard InChI is InChI=1S/C34H26O4/c35-30(22-19-26-13-6-2-7-14-26)33-31(18-10-17-25-11-4-1-5-12-25)38-32-23-28(20-21-29(32)34(33)36)37-24-27-15-8-3-9-16-27/h1-17,19-23H,18,24H2/b17-10+,22-19+. The van der Waals surface area contributed by atoms with Crippen LogP contribution < -0.4 is 10.2 Å². The van der Waals surface area contributed by atoms with Gasteiger partial charge in [-0.25, -0.2) is 0 Å². The number of carbonyl (C=O) groups excluding carboxylic acids is 1. The lowest BCUT2D eigenvalue weighted by atomic mass is 10.0. The summed E-state index contributed by atoms with van der Waals surface area (Å²) in [7, 11) is 0. The lowest BCUT2D eigenvalue weighted by Crippen LogP contribution is -2.17. The molecule has 0 bridgehead atoms. The van der Waals surface area contributed by atoms with Crippen molar-refractivity contribution in [3.63, 3.8) is 0 Å². The molecular formula is C34H26O4. The summed E-state index contributed by atoms with van der Waals surface area (Å²) in [5.74, 6) is 0.507. The quantitative estimate of drug-likeness (QED) is 0.156. The van der Waals surface area contributed by atoms with Gasteiger partial charge in [0.25, 0.3) is 0 Å². The van der Waals surface area contributed by atoms with Gasteiger partial charge in [-0.05, 0) is 34.9 Å². The van der Waals surface area contributed by atoms with Crippen molar-refractivity contribution < 1.29 is 13.9 Å². The minimum atomic E-state index is -0.392. The van der Waals surface area contributed by atoms with Gasteiger partial charge in [0.2, 0.25) is 5.43 Å². The molecule has 0 aliphatic rings. The van der Waals surface area contributed by atoms with Crippen LogP contribution in [0.15, 0.2) is 131 Å². The third kappa shape index (κ3) is 6.05. The second-order valence-corrected chi connectivity index (χ2v) is 8.79. The van der Waals surface area contributed by atoms with Crippen molar-refractivity contribution in [3.05, 3.63) is 160 Å². The van der Waals surface area contributed by atoms with Gasteiger partial charge >= 0.3 is 0 Å². The van der Waals surface area contributed by atoms with E-state index in [4.69, 9.17) is 9.15 Å². The molecule has 0 fully saturated rings. The number of hydrogen-bond donors (Lipinski definition) is 0. The van der Waals surface area contributed by atoms with Crippen LogP contribution in [-0.4, -0.2) is 5.78 Å². The first-order valence-electron chi connectivity index (χ1n) is 12.4. The zero-order valence-corrected chi connectivity index (χ0v) is 20.7. The molecule has 186 valence electrons. The van der Waals surface area contributed by atoms with Crippen LogP contribution >= 0.6 is 0 Å². The molecule has 4 heteroatoms. The molecule has 0 aliphatic heterocycles. The van der Waals surface area contributed by atoms with Crippen LogP contribution in [0.5, 0.6) is 5.75 Å². The van der Waals surface area contributed by atoms with Crippen molar-refractivity contribution in [2.45, 2.75) is 13.0 Å². The monoisotopic (exact) mass is 498 g/mol. The molecule has 1 aromatic heterocycles. The maximum atomic E-state index is 13.5. The van der Waals surface area contributed by atoms with E-state index < -0.39 is 5.78 Å². The van der Waals surface area contributed by atoms with E-state index in [0.717, 1.165) is 16.7 Å². The molecule has 5 rings (SSSR count). The summed E-state index contributed by atoms with van der Waals surface area (Å²) >= 11 is 0. The van der Waals surface area contributed by atoms with E-state index in [9.17, 15) is 9.59 Å². The molecule has 4 aromatic carbocycles. The highest BCUT2D eigenvalue weighted by Gasteiger charge is 2.19. The SMILES string of the molecule is O=C(/C=C/c1ccccc1)c1c(C/C=C/c2ccccc2)oc2cc(OCc3ccccc3)ccc2c1=O. The molecule has 0 amide bonds. The van der Waals surface area contributed by atoms with Crippen LogP contribution in [0.1, 0.15) is 32.8 Å². The summed E-state index contributed by atoms with van der Waals surface area (Å²) in [6, 6.07) is 34.2. The van der Waals surface area contributed by atoms with E-state index in [-0.39, 0.29) is 17.4 Å². The van der Waals surface area contributed by atoms with E-state index in [0.29, 0.717) is 29.1 Å². The average molecular weight is 499 g/mol. The number of rotatable bonds is 9. The van der Waals surface area contributed by atoms with E-state index in [2.05, 4.69) is 0 Å². The minimum absolute atomic E-state index is 0.0420. The molecule has 38 heavy (non-hydrogen) atoms. The van der Waals surface area contributed by atoms with Gasteiger partial charge in [0.05, 0.1) is 5.39 Å². The minimum Gasteiger partial charge on any atom is -0.489 e. The number of benzene rings is 4. The van der Waals surface area contributed by atoms with E-state index in [1.54, 1.807) is 24.3 Å². The fraction of sp³-hybridized carbons (Fsp3) is 0.0588. The Hall–Kier alpha value is -4.96. The Balaban J connectivity index is 1.49. The van der Waals surface area contributed by atoms with Crippen molar-refractivity contribution in [1.82, 2.24) is 0 Å². The number of ketones is 1. The smallest absolute Gasteiger partial charge is 0.204 e. The van der Waals surface area contributed by atoms with Crippen LogP contribution in [0.4, 0.5) is 0 Å². The van der Waals surface area contributed by atoms with Gasteiger partial charge in [-0.3, -0.25) is 9.59 Å². The first-order valence-corrected chi connectivity index (χ1v) is 12.4. The van der Waals surface area contributed by atoms with Gasteiger partial charge in [0.15, 0.2) is 5.78 Å². The van der Waals surface area contributed by atoms with E-state index in [1.165, 1.54) is 6.08 Å². The molecule has 0 saturated carbocycles. The zero-order valence-electron chi connectivity index (χ0n) is 20.7. The topological polar surface area (TPSA) is 56.5 Å². The largest absolute Gasteiger partial charge is 0.489 e. The zero-order chi connectivity index (χ0) is 26.2. The van der Waals surface area contributed by atoms with Crippen molar-refractivity contribution in [2.75, 3.05) is 0 Å². The number of fused-ring (bicyclic) bond motifs is 1. The molecule has 0 aliphatic carbocycles. The second-order valence-electron chi connectivity index (χ2n) is 8.79. The molecule has 1 heterocycles. The number of ether oxygens (including phenoxy) is 1. The van der Waals surface area contributed by atoms with Gasteiger partial charge in [-0.1, -0.05) is 109 Å². The number of allylic oxidation sites excluding steroid dienone is 2. The Morgan fingerprint density at radius 3 is 2.08 bits per heavy atom.